The number of methoxy groups -OCH3 is 1. The van der Waals surface area contributed by atoms with Gasteiger partial charge >= 0.3 is 18.3 Å². The van der Waals surface area contributed by atoms with Crippen LogP contribution in [0.2, 0.25) is 0 Å². The van der Waals surface area contributed by atoms with E-state index in [1.807, 2.05) is 11.8 Å². The quantitative estimate of drug-likeness (QED) is 0.229. The van der Waals surface area contributed by atoms with Crippen molar-refractivity contribution < 1.29 is 40.6 Å². The molecule has 4 aliphatic rings. The van der Waals surface area contributed by atoms with Crippen LogP contribution in [0.15, 0.2) is 36.4 Å². The molecule has 0 radical (unpaired) electrons. The Morgan fingerprint density at radius 2 is 1.59 bits per heavy atom. The molecule has 0 N–H and O–H groups in total. The number of nitrogens with zero attached hydrogens (tertiary/aromatic N) is 1. The van der Waals surface area contributed by atoms with Crippen molar-refractivity contribution in [2.45, 2.75) is 108 Å². The Morgan fingerprint density at radius 1 is 0.909 bits per heavy atom. The van der Waals surface area contributed by atoms with Crippen LogP contribution >= 0.6 is 0 Å². The number of halogens is 6. The third-order valence-corrected chi connectivity index (χ3v) is 10.6. The molecule has 2 saturated heterocycles. The molecule has 3 aliphatic heterocycles. The van der Waals surface area contributed by atoms with Crippen LogP contribution in [0.3, 0.4) is 0 Å². The highest BCUT2D eigenvalue weighted by atomic mass is 19.4. The zero-order valence-electron chi connectivity index (χ0n) is 25.2. The minimum atomic E-state index is -4.75. The van der Waals surface area contributed by atoms with Crippen LogP contribution in [0.5, 0.6) is 5.75 Å². The van der Waals surface area contributed by atoms with Gasteiger partial charge in [0.1, 0.15) is 11.9 Å². The normalized spacial score (nSPS) is 27.7. The monoisotopic (exact) mass is 623 g/mol. The van der Waals surface area contributed by atoms with Gasteiger partial charge in [0.15, 0.2) is 0 Å². The zero-order valence-corrected chi connectivity index (χ0v) is 25.2. The van der Waals surface area contributed by atoms with E-state index in [1.165, 1.54) is 7.11 Å². The maximum absolute atomic E-state index is 13.9. The highest BCUT2D eigenvalue weighted by Gasteiger charge is 2.48. The second kappa shape index (κ2) is 11.6. The van der Waals surface area contributed by atoms with E-state index in [9.17, 15) is 31.1 Å². The van der Waals surface area contributed by atoms with Gasteiger partial charge in [-0.2, -0.15) is 26.3 Å². The van der Waals surface area contributed by atoms with E-state index in [2.05, 4.69) is 18.2 Å². The first-order chi connectivity index (χ1) is 20.8. The Labute approximate surface area is 254 Å². The van der Waals surface area contributed by atoms with Crippen LogP contribution < -0.4 is 4.74 Å². The summed E-state index contributed by atoms with van der Waals surface area (Å²) in [5.74, 6) is 1.06. The number of carbonyl (C=O) groups excluding carboxylic acids is 1. The van der Waals surface area contributed by atoms with E-state index < -0.39 is 29.5 Å². The second-order valence-electron chi connectivity index (χ2n) is 13.3. The van der Waals surface area contributed by atoms with Crippen molar-refractivity contribution in [2.75, 3.05) is 7.11 Å². The average Bonchev–Trinajstić information content (AvgIpc) is 3.78. The SMILES string of the molecule is COC(=O)C(C)C(c1ccc2c(c1)OC(C1C[C@H]3CC[C@@H](C1)N3C(C)c1cc(C(F)(F)F)ccc1C(F)(F)F)CC2)C1CC1. The van der Waals surface area contributed by atoms with Gasteiger partial charge in [-0.15, -0.1) is 0 Å². The largest absolute Gasteiger partial charge is 0.490 e. The van der Waals surface area contributed by atoms with Crippen LogP contribution in [0.4, 0.5) is 26.3 Å². The maximum Gasteiger partial charge on any atom is 0.416 e. The molecule has 5 unspecified atom stereocenters. The molecule has 0 amide bonds. The van der Waals surface area contributed by atoms with Crippen molar-refractivity contribution in [1.82, 2.24) is 4.90 Å². The predicted molar refractivity (Wildman–Crippen MR) is 152 cm³/mol. The van der Waals surface area contributed by atoms with E-state index in [1.54, 1.807) is 6.92 Å². The van der Waals surface area contributed by atoms with Gasteiger partial charge in [0.05, 0.1) is 24.2 Å². The number of piperidine rings is 1. The maximum atomic E-state index is 13.9. The van der Waals surface area contributed by atoms with Crippen molar-refractivity contribution in [3.63, 3.8) is 0 Å². The molecule has 4 nitrogen and oxygen atoms in total. The number of ether oxygens (including phenoxy) is 2. The molecular formula is C34H39F6NO3. The Kier molecular flexibility index (Phi) is 8.21. The molecule has 2 aromatic carbocycles. The van der Waals surface area contributed by atoms with Gasteiger partial charge in [-0.05, 0) is 117 Å². The average molecular weight is 624 g/mol. The number of esters is 1. The minimum Gasteiger partial charge on any atom is -0.490 e. The molecule has 10 heteroatoms. The van der Waals surface area contributed by atoms with Gasteiger partial charge in [-0.3, -0.25) is 9.69 Å². The number of aryl methyl sites for hydroxylation is 1. The number of carbonyl (C=O) groups is 1. The van der Waals surface area contributed by atoms with Crippen molar-refractivity contribution in [3.05, 3.63) is 64.2 Å². The molecule has 7 atom stereocenters. The summed E-state index contributed by atoms with van der Waals surface area (Å²) < 4.78 is 94.0. The van der Waals surface area contributed by atoms with Crippen LogP contribution in [-0.2, 0) is 28.3 Å². The number of hydrogen-bond donors (Lipinski definition) is 0. The highest BCUT2D eigenvalue weighted by Crippen LogP contribution is 2.50. The Bertz CT molecular complexity index is 1370. The van der Waals surface area contributed by atoms with Crippen molar-refractivity contribution in [3.8, 4) is 5.75 Å². The van der Waals surface area contributed by atoms with E-state index in [-0.39, 0.29) is 47.5 Å². The van der Waals surface area contributed by atoms with Crippen LogP contribution in [0, 0.1) is 17.8 Å². The fraction of sp³-hybridized carbons (Fsp3) is 0.618. The summed E-state index contributed by atoms with van der Waals surface area (Å²) in [5.41, 5.74) is -0.176. The highest BCUT2D eigenvalue weighted by molar-refractivity contribution is 5.73. The molecule has 0 spiro atoms. The summed E-state index contributed by atoms with van der Waals surface area (Å²) in [6, 6.07) is 7.21. The summed E-state index contributed by atoms with van der Waals surface area (Å²) in [4.78, 5) is 14.4. The van der Waals surface area contributed by atoms with E-state index in [4.69, 9.17) is 9.47 Å². The standard InChI is InChI=1S/C34H39F6NO3/c1-18(32(42)43-3)31(21-5-6-21)22-7-4-20-8-13-29(44-30(20)16-22)23-14-25-10-11-26(15-23)41(25)19(2)27-17-24(33(35,36)37)9-12-28(27)34(38,39)40/h4,7,9,12,16-19,21,23,25-26,29,31H,5-6,8,10-11,13-15H2,1-3H3/t18?,19?,23?,25-,26+,29?,31?. The van der Waals surface area contributed by atoms with Crippen LogP contribution in [0.25, 0.3) is 0 Å². The molecule has 2 aromatic rings. The predicted octanol–water partition coefficient (Wildman–Crippen LogP) is 8.72. The van der Waals surface area contributed by atoms with Gasteiger partial charge in [-0.25, -0.2) is 0 Å². The first-order valence-corrected chi connectivity index (χ1v) is 15.7. The fourth-order valence-corrected chi connectivity index (χ4v) is 8.40. The van der Waals surface area contributed by atoms with Gasteiger partial charge in [0.25, 0.3) is 0 Å². The summed E-state index contributed by atoms with van der Waals surface area (Å²) in [6.07, 6.45) is -2.62. The molecule has 0 aromatic heterocycles. The van der Waals surface area contributed by atoms with Crippen molar-refractivity contribution in [1.29, 1.82) is 0 Å². The second-order valence-corrected chi connectivity index (χ2v) is 13.3. The van der Waals surface area contributed by atoms with Gasteiger partial charge in [0.2, 0.25) is 0 Å². The Balaban J connectivity index is 1.20. The molecule has 1 aliphatic carbocycles. The Hall–Kier alpha value is -2.75. The molecule has 3 fully saturated rings. The summed E-state index contributed by atoms with van der Waals surface area (Å²) in [6.45, 7) is 3.52. The first kappa shape index (κ1) is 31.2. The van der Waals surface area contributed by atoms with Crippen LogP contribution in [-0.4, -0.2) is 36.2 Å². The van der Waals surface area contributed by atoms with Crippen molar-refractivity contribution >= 4 is 5.97 Å². The molecule has 6 rings (SSSR count). The third-order valence-electron chi connectivity index (χ3n) is 10.6. The van der Waals surface area contributed by atoms with E-state index in [0.29, 0.717) is 24.1 Å². The van der Waals surface area contributed by atoms with Gasteiger partial charge in [0, 0.05) is 18.1 Å². The third kappa shape index (κ3) is 5.95. The summed E-state index contributed by atoms with van der Waals surface area (Å²) >= 11 is 0. The summed E-state index contributed by atoms with van der Waals surface area (Å²) in [5, 5.41) is 0. The smallest absolute Gasteiger partial charge is 0.416 e. The lowest BCUT2D eigenvalue weighted by Gasteiger charge is -2.45. The molecule has 2 bridgehead atoms. The molecule has 240 valence electrons. The summed E-state index contributed by atoms with van der Waals surface area (Å²) in [7, 11) is 1.41. The number of benzene rings is 2. The molecule has 3 heterocycles. The topological polar surface area (TPSA) is 38.8 Å². The van der Waals surface area contributed by atoms with Gasteiger partial charge in [-0.1, -0.05) is 19.1 Å². The van der Waals surface area contributed by atoms with Gasteiger partial charge < -0.3 is 9.47 Å². The van der Waals surface area contributed by atoms with E-state index >= 15 is 0 Å². The molecule has 44 heavy (non-hydrogen) atoms. The number of fused-ring (bicyclic) bond motifs is 3. The lowest BCUT2D eigenvalue weighted by molar-refractivity contribution is -0.146. The molecule has 1 saturated carbocycles. The Morgan fingerprint density at radius 3 is 2.18 bits per heavy atom. The zero-order chi connectivity index (χ0) is 31.6. The van der Waals surface area contributed by atoms with Crippen LogP contribution in [0.1, 0.15) is 98.6 Å². The number of alkyl halides is 6. The number of rotatable bonds is 7. The number of hydrogen-bond acceptors (Lipinski definition) is 4. The van der Waals surface area contributed by atoms with Crippen molar-refractivity contribution in [2.24, 2.45) is 17.8 Å². The lowest BCUT2D eigenvalue weighted by atomic mass is 9.80. The lowest BCUT2D eigenvalue weighted by Crippen LogP contribution is -2.48. The first-order valence-electron chi connectivity index (χ1n) is 15.7. The minimum absolute atomic E-state index is 0.0270. The van der Waals surface area contributed by atoms with E-state index in [0.717, 1.165) is 68.2 Å². The molecular weight excluding hydrogens is 584 g/mol. The fourth-order valence-electron chi connectivity index (χ4n) is 8.40.